The highest BCUT2D eigenvalue weighted by Crippen LogP contribution is 2.27. The zero-order chi connectivity index (χ0) is 20.2. The Morgan fingerprint density at radius 3 is 3.03 bits per heavy atom. The zero-order valence-corrected chi connectivity index (χ0v) is 16.8. The van der Waals surface area contributed by atoms with E-state index in [1.807, 2.05) is 29.2 Å². The molecule has 1 aromatic carbocycles. The van der Waals surface area contributed by atoms with Crippen LogP contribution in [-0.4, -0.2) is 58.9 Å². The molecule has 3 heterocycles. The van der Waals surface area contributed by atoms with E-state index in [2.05, 4.69) is 10.3 Å². The average Bonchev–Trinajstić information content (AvgIpc) is 2.93. The summed E-state index contributed by atoms with van der Waals surface area (Å²) in [7, 11) is 0. The van der Waals surface area contributed by atoms with Gasteiger partial charge >= 0.3 is 0 Å². The number of rotatable bonds is 4. The Hall–Kier alpha value is -2.64. The number of nitrogens with one attached hydrogen (secondary N) is 1. The molecule has 1 saturated heterocycles. The molecular weight excluding hydrogens is 392 g/mol. The normalized spacial score (nSPS) is 19.7. The lowest BCUT2D eigenvalue weighted by atomic mass is 10.1. The molecule has 152 valence electrons. The first-order valence-electron chi connectivity index (χ1n) is 9.70. The number of nitrogens with zero attached hydrogens (tertiary/aromatic N) is 3. The molecule has 0 bridgehead atoms. The van der Waals surface area contributed by atoms with Gasteiger partial charge in [0, 0.05) is 49.2 Å². The van der Waals surface area contributed by atoms with Gasteiger partial charge in [0.2, 0.25) is 11.8 Å². The van der Waals surface area contributed by atoms with Gasteiger partial charge in [-0.15, -0.1) is 0 Å². The van der Waals surface area contributed by atoms with Gasteiger partial charge in [0.05, 0.1) is 19.0 Å². The number of hydrogen-bond donors (Lipinski definition) is 1. The first kappa shape index (κ1) is 19.7. The highest BCUT2D eigenvalue weighted by molar-refractivity contribution is 6.30. The fourth-order valence-corrected chi connectivity index (χ4v) is 3.96. The lowest BCUT2D eigenvalue weighted by Crippen LogP contribution is -2.56. The quantitative estimate of drug-likeness (QED) is 0.826. The third-order valence-electron chi connectivity index (χ3n) is 5.27. The second kappa shape index (κ2) is 8.80. The predicted molar refractivity (Wildman–Crippen MR) is 108 cm³/mol. The lowest BCUT2D eigenvalue weighted by molar-refractivity contribution is -0.139. The number of pyridine rings is 1. The Balaban J connectivity index is 1.47. The largest absolute Gasteiger partial charge is 0.491 e. The van der Waals surface area contributed by atoms with Gasteiger partial charge < -0.3 is 15.0 Å². The smallest absolute Gasteiger partial charge is 0.237 e. The summed E-state index contributed by atoms with van der Waals surface area (Å²) >= 11 is 6.10. The molecule has 0 spiro atoms. The topological polar surface area (TPSA) is 74.8 Å². The maximum Gasteiger partial charge on any atom is 0.237 e. The monoisotopic (exact) mass is 414 g/mol. The molecule has 4 rings (SSSR count). The van der Waals surface area contributed by atoms with E-state index in [0.29, 0.717) is 44.4 Å². The van der Waals surface area contributed by atoms with Crippen LogP contribution in [0.3, 0.4) is 0 Å². The predicted octanol–water partition coefficient (Wildman–Crippen LogP) is 1.85. The zero-order valence-electron chi connectivity index (χ0n) is 16.0. The Morgan fingerprint density at radius 1 is 1.31 bits per heavy atom. The minimum atomic E-state index is -0.501. The molecule has 8 heteroatoms. The summed E-state index contributed by atoms with van der Waals surface area (Å²) in [4.78, 5) is 33.5. The molecule has 0 saturated carbocycles. The number of ether oxygens (including phenoxy) is 1. The number of piperazine rings is 1. The van der Waals surface area contributed by atoms with E-state index in [1.165, 1.54) is 0 Å². The molecule has 0 unspecified atom stereocenters. The van der Waals surface area contributed by atoms with Crippen molar-refractivity contribution in [1.29, 1.82) is 0 Å². The average molecular weight is 415 g/mol. The molecule has 2 aliphatic rings. The van der Waals surface area contributed by atoms with Crippen molar-refractivity contribution < 1.29 is 14.3 Å². The fraction of sp³-hybridized carbons (Fsp3) is 0.381. The molecule has 0 radical (unpaired) electrons. The first-order valence-corrected chi connectivity index (χ1v) is 10.1. The molecule has 0 aliphatic carbocycles. The van der Waals surface area contributed by atoms with Crippen LogP contribution in [0.25, 0.3) is 0 Å². The number of halogens is 1. The van der Waals surface area contributed by atoms with Crippen LogP contribution in [0.1, 0.15) is 17.5 Å². The number of carbonyl (C=O) groups excluding carboxylic acids is 2. The van der Waals surface area contributed by atoms with Crippen molar-refractivity contribution >= 4 is 23.4 Å². The van der Waals surface area contributed by atoms with E-state index in [9.17, 15) is 9.59 Å². The van der Waals surface area contributed by atoms with Crippen molar-refractivity contribution in [3.63, 3.8) is 0 Å². The Kier molecular flexibility index (Phi) is 5.97. The molecule has 1 atom stereocenters. The van der Waals surface area contributed by atoms with E-state index in [0.717, 1.165) is 16.9 Å². The molecule has 2 aliphatic heterocycles. The van der Waals surface area contributed by atoms with E-state index < -0.39 is 6.04 Å². The summed E-state index contributed by atoms with van der Waals surface area (Å²) in [6.45, 7) is 3.17. The van der Waals surface area contributed by atoms with Crippen LogP contribution in [0.2, 0.25) is 5.02 Å². The molecule has 1 aromatic heterocycles. The molecule has 1 N–H and O–H groups in total. The summed E-state index contributed by atoms with van der Waals surface area (Å²) in [5.41, 5.74) is 1.90. The minimum absolute atomic E-state index is 0.0698. The van der Waals surface area contributed by atoms with Crippen LogP contribution in [0.15, 0.2) is 42.7 Å². The van der Waals surface area contributed by atoms with Crippen molar-refractivity contribution in [2.75, 3.05) is 26.2 Å². The van der Waals surface area contributed by atoms with E-state index >= 15 is 0 Å². The Bertz CT molecular complexity index is 893. The summed E-state index contributed by atoms with van der Waals surface area (Å²) in [6, 6.07) is 8.78. The number of carbonyl (C=O) groups is 2. The number of benzene rings is 1. The molecule has 1 fully saturated rings. The van der Waals surface area contributed by atoms with Crippen LogP contribution in [0.5, 0.6) is 5.75 Å². The van der Waals surface area contributed by atoms with Crippen molar-refractivity contribution in [1.82, 2.24) is 20.1 Å². The number of fused-ring (bicyclic) bond motifs is 1. The van der Waals surface area contributed by atoms with Crippen molar-refractivity contribution in [2.24, 2.45) is 0 Å². The van der Waals surface area contributed by atoms with Gasteiger partial charge in [-0.3, -0.25) is 19.5 Å². The molecule has 7 nitrogen and oxygen atoms in total. The maximum absolute atomic E-state index is 13.1. The number of amides is 2. The van der Waals surface area contributed by atoms with Gasteiger partial charge in [-0.05, 0) is 29.8 Å². The van der Waals surface area contributed by atoms with E-state index in [1.54, 1.807) is 23.4 Å². The van der Waals surface area contributed by atoms with Crippen molar-refractivity contribution in [3.8, 4) is 5.75 Å². The molecule has 29 heavy (non-hydrogen) atoms. The van der Waals surface area contributed by atoms with Crippen molar-refractivity contribution in [3.05, 3.63) is 58.9 Å². The fourth-order valence-electron chi connectivity index (χ4n) is 3.77. The summed E-state index contributed by atoms with van der Waals surface area (Å²) < 4.78 is 5.75. The standard InChI is InChI=1S/C21H23ClN4O3/c22-17-3-4-19-16(10-17)14-26(8-9-29-19)20(27)11-18-21(28)24-6-7-25(18)13-15-2-1-5-23-12-15/h1-5,10,12,18H,6-9,11,13-14H2,(H,24,28)/t18-/m0/s1. The van der Waals surface area contributed by atoms with E-state index in [-0.39, 0.29) is 18.2 Å². The van der Waals surface area contributed by atoms with Crippen LogP contribution in [-0.2, 0) is 22.7 Å². The maximum atomic E-state index is 13.1. The SMILES string of the molecule is O=C1NCCN(Cc2cccnc2)[C@H]1CC(=O)N1CCOc2ccc(Cl)cc2C1. The lowest BCUT2D eigenvalue weighted by Gasteiger charge is -2.35. The highest BCUT2D eigenvalue weighted by Gasteiger charge is 2.33. The minimum Gasteiger partial charge on any atom is -0.491 e. The van der Waals surface area contributed by atoms with Gasteiger partial charge in [-0.25, -0.2) is 0 Å². The van der Waals surface area contributed by atoms with Gasteiger partial charge in [-0.1, -0.05) is 17.7 Å². The first-order chi connectivity index (χ1) is 14.1. The molecular formula is C21H23ClN4O3. The second-order valence-corrected chi connectivity index (χ2v) is 7.69. The van der Waals surface area contributed by atoms with Gasteiger partial charge in [0.25, 0.3) is 0 Å². The molecule has 2 aromatic rings. The Labute approximate surface area is 174 Å². The summed E-state index contributed by atoms with van der Waals surface area (Å²) in [5.74, 6) is 0.570. The third kappa shape index (κ3) is 4.68. The van der Waals surface area contributed by atoms with Gasteiger partial charge in [0.15, 0.2) is 0 Å². The second-order valence-electron chi connectivity index (χ2n) is 7.26. The third-order valence-corrected chi connectivity index (χ3v) is 5.51. The van der Waals surface area contributed by atoms with Gasteiger partial charge in [-0.2, -0.15) is 0 Å². The highest BCUT2D eigenvalue weighted by atomic mass is 35.5. The van der Waals surface area contributed by atoms with Crippen LogP contribution >= 0.6 is 11.6 Å². The Morgan fingerprint density at radius 2 is 2.21 bits per heavy atom. The number of aromatic nitrogens is 1. The summed E-state index contributed by atoms with van der Waals surface area (Å²) in [6.07, 6.45) is 3.64. The van der Waals surface area contributed by atoms with E-state index in [4.69, 9.17) is 16.3 Å². The number of hydrogen-bond acceptors (Lipinski definition) is 5. The van der Waals surface area contributed by atoms with Crippen LogP contribution < -0.4 is 10.1 Å². The van der Waals surface area contributed by atoms with Gasteiger partial charge in [0.1, 0.15) is 12.4 Å². The molecule has 2 amide bonds. The van der Waals surface area contributed by atoms with Crippen molar-refractivity contribution in [2.45, 2.75) is 25.6 Å². The van der Waals surface area contributed by atoms with Crippen LogP contribution in [0, 0.1) is 0 Å². The summed E-state index contributed by atoms with van der Waals surface area (Å²) in [5, 5.41) is 3.49. The van der Waals surface area contributed by atoms with Crippen LogP contribution in [0.4, 0.5) is 0 Å².